The average Bonchev–Trinajstić information content (AvgIpc) is 3.04. The number of carbonyl (C=O) groups is 1. The van der Waals surface area contributed by atoms with Gasteiger partial charge in [-0.15, -0.1) is 0 Å². The number of benzene rings is 2. The second-order valence-electron chi connectivity index (χ2n) is 11.7. The van der Waals surface area contributed by atoms with Crippen LogP contribution < -0.4 is 0 Å². The Bertz CT molecular complexity index is 1430. The zero-order chi connectivity index (χ0) is 33.4. The van der Waals surface area contributed by atoms with Gasteiger partial charge in [0.1, 0.15) is 6.10 Å². The molecule has 0 aromatic heterocycles. The highest BCUT2D eigenvalue weighted by atomic mass is 16.5. The quantitative estimate of drug-likeness (QED) is 0.0919. The Morgan fingerprint density at radius 2 is 1.64 bits per heavy atom. The molecule has 0 aliphatic carbocycles. The van der Waals surface area contributed by atoms with Gasteiger partial charge in [-0.2, -0.15) is 0 Å². The number of rotatable bonds is 22. The van der Waals surface area contributed by atoms with Crippen molar-refractivity contribution in [2.75, 3.05) is 7.11 Å². The minimum Gasteiger partial charge on any atom is -0.371 e. The van der Waals surface area contributed by atoms with E-state index < -0.39 is 6.10 Å². The summed E-state index contributed by atoms with van der Waals surface area (Å²) in [7, 11) is 1.60. The Hall–Kier alpha value is -4.22. The van der Waals surface area contributed by atoms with Crippen LogP contribution in [0.2, 0.25) is 0 Å². The van der Waals surface area contributed by atoms with Crippen LogP contribution in [0, 0.1) is 16.2 Å². The summed E-state index contributed by atoms with van der Waals surface area (Å²) in [6.07, 6.45) is 9.10. The van der Waals surface area contributed by atoms with E-state index in [-0.39, 0.29) is 17.9 Å². The van der Waals surface area contributed by atoms with Crippen LogP contribution in [0.3, 0.4) is 0 Å². The van der Waals surface area contributed by atoms with E-state index in [1.807, 2.05) is 55.5 Å². The third kappa shape index (κ3) is 12.4. The number of aryl methyl sites for hydroxylation is 1. The summed E-state index contributed by atoms with van der Waals surface area (Å²) in [4.78, 5) is 12.6. The van der Waals surface area contributed by atoms with Crippen molar-refractivity contribution in [3.8, 4) is 0 Å². The van der Waals surface area contributed by atoms with E-state index in [1.54, 1.807) is 13.2 Å². The molecule has 45 heavy (non-hydrogen) atoms. The molecule has 0 saturated heterocycles. The van der Waals surface area contributed by atoms with Crippen LogP contribution in [-0.4, -0.2) is 36.1 Å². The Balaban J connectivity index is 1.97. The van der Waals surface area contributed by atoms with Crippen LogP contribution in [0.25, 0.3) is 0 Å². The maximum absolute atomic E-state index is 12.6. The molecule has 0 fully saturated rings. The van der Waals surface area contributed by atoms with Gasteiger partial charge in [-0.1, -0.05) is 105 Å². The lowest BCUT2D eigenvalue weighted by Crippen LogP contribution is -2.25. The molecule has 3 N–H and O–H groups in total. The van der Waals surface area contributed by atoms with E-state index in [4.69, 9.17) is 21.0 Å². The van der Waals surface area contributed by atoms with Gasteiger partial charge >= 0.3 is 0 Å². The summed E-state index contributed by atoms with van der Waals surface area (Å²) in [6.45, 7) is 20.1. The molecule has 5 heteroatoms. The minimum atomic E-state index is -0.507. The van der Waals surface area contributed by atoms with Gasteiger partial charge in [0.2, 0.25) is 0 Å². The molecule has 0 saturated carbocycles. The molecule has 2 aromatic carbocycles. The van der Waals surface area contributed by atoms with E-state index in [1.165, 1.54) is 5.56 Å². The van der Waals surface area contributed by atoms with Crippen LogP contribution in [0.1, 0.15) is 87.8 Å². The first-order valence-electron chi connectivity index (χ1n) is 15.8. The topological polar surface area (TPSA) is 97.9 Å². The molecule has 5 nitrogen and oxygen atoms in total. The van der Waals surface area contributed by atoms with Crippen LogP contribution in [0.4, 0.5) is 0 Å². The summed E-state index contributed by atoms with van der Waals surface area (Å²) >= 11 is 0. The van der Waals surface area contributed by atoms with Crippen molar-refractivity contribution in [1.29, 1.82) is 16.2 Å². The molecule has 0 aliphatic heterocycles. The smallest absolute Gasteiger partial charge is 0.176 e. The second-order valence-corrected chi connectivity index (χ2v) is 11.7. The Labute approximate surface area is 271 Å². The third-order valence-electron chi connectivity index (χ3n) is 8.10. The number of hydrogen-bond donors (Lipinski definition) is 3. The predicted molar refractivity (Wildman–Crippen MR) is 191 cm³/mol. The van der Waals surface area contributed by atoms with E-state index in [0.717, 1.165) is 53.5 Å². The number of ketones is 1. The zero-order valence-corrected chi connectivity index (χ0v) is 27.5. The molecule has 0 amide bonds. The van der Waals surface area contributed by atoms with Gasteiger partial charge < -0.3 is 21.0 Å². The van der Waals surface area contributed by atoms with E-state index in [2.05, 4.69) is 45.4 Å². The zero-order valence-electron chi connectivity index (χ0n) is 27.5. The van der Waals surface area contributed by atoms with Gasteiger partial charge in [-0.05, 0) is 98.1 Å². The van der Waals surface area contributed by atoms with Gasteiger partial charge in [-0.25, -0.2) is 0 Å². The highest BCUT2D eigenvalue weighted by Gasteiger charge is 2.20. The molecule has 2 atom stereocenters. The van der Waals surface area contributed by atoms with Crippen molar-refractivity contribution < 1.29 is 9.53 Å². The first-order chi connectivity index (χ1) is 21.5. The second kappa shape index (κ2) is 19.2. The third-order valence-corrected chi connectivity index (χ3v) is 8.10. The normalized spacial score (nSPS) is 12.6. The highest BCUT2D eigenvalue weighted by Crippen LogP contribution is 2.28. The Morgan fingerprint density at radius 1 is 0.933 bits per heavy atom. The SMILES string of the molecule is C=CC(=C)C/C(=C/C(=C)CCCC(CC)c1cccc(C(=N)CCC(=O)C(=N)CCc2ccccc2)c1)C(OC)C(=N)C(=C)C. The van der Waals surface area contributed by atoms with E-state index >= 15 is 0 Å². The maximum Gasteiger partial charge on any atom is 0.176 e. The average molecular weight is 606 g/mol. The van der Waals surface area contributed by atoms with Crippen molar-refractivity contribution in [2.45, 2.75) is 83.7 Å². The molecule has 0 heterocycles. The monoisotopic (exact) mass is 605 g/mol. The van der Waals surface area contributed by atoms with Crippen LogP contribution in [0.15, 0.2) is 115 Å². The standard InChI is InChI=1S/C40H51N3O2/c1-8-29(5)25-35(40(45-7)39(43)28(3)4)26-30(6)15-13-18-32(9-2)33-19-14-20-34(27-33)36(41)23-24-38(44)37(42)22-21-31-16-11-10-12-17-31/h8,10-12,14,16-17,19-20,26-27,32,40-43H,1,3,5-6,9,13,15,18,21-25H2,2,4,7H3/b35-26-,41-36?,42-37?,43-39?. The van der Waals surface area contributed by atoms with Crippen molar-refractivity contribution in [3.63, 3.8) is 0 Å². The number of hydrogen-bond acceptors (Lipinski definition) is 5. The summed E-state index contributed by atoms with van der Waals surface area (Å²) in [5.41, 5.74) is 7.46. The largest absolute Gasteiger partial charge is 0.371 e. The maximum atomic E-state index is 12.6. The molecule has 0 radical (unpaired) electrons. The molecular formula is C40H51N3O2. The van der Waals surface area contributed by atoms with E-state index in [9.17, 15) is 4.79 Å². The summed E-state index contributed by atoms with van der Waals surface area (Å²) in [5, 5.41) is 25.3. The predicted octanol–water partition coefficient (Wildman–Crippen LogP) is 9.95. The van der Waals surface area contributed by atoms with Crippen molar-refractivity contribution in [3.05, 3.63) is 132 Å². The minimum absolute atomic E-state index is 0.132. The number of ether oxygens (including phenoxy) is 1. The molecule has 2 unspecified atom stereocenters. The van der Waals surface area contributed by atoms with Crippen molar-refractivity contribution >= 4 is 22.9 Å². The van der Waals surface area contributed by atoms with E-state index in [0.29, 0.717) is 48.6 Å². The number of Topliss-reactive ketones (excluding diaryl/α,β-unsaturated/α-hetero) is 1. The first-order valence-corrected chi connectivity index (χ1v) is 15.8. The lowest BCUT2D eigenvalue weighted by atomic mass is 9.88. The molecule has 2 rings (SSSR count). The van der Waals surface area contributed by atoms with Crippen molar-refractivity contribution in [1.82, 2.24) is 0 Å². The fourth-order valence-corrected chi connectivity index (χ4v) is 5.32. The number of methoxy groups -OCH3 is 1. The number of nitrogens with one attached hydrogen (secondary N) is 3. The lowest BCUT2D eigenvalue weighted by molar-refractivity contribution is -0.113. The molecule has 0 bridgehead atoms. The number of carbonyl (C=O) groups excluding carboxylic acids is 1. The van der Waals surface area contributed by atoms with Crippen LogP contribution >= 0.6 is 0 Å². The van der Waals surface area contributed by atoms with Gasteiger partial charge in [0.05, 0.1) is 11.4 Å². The molecule has 0 spiro atoms. The summed E-state index contributed by atoms with van der Waals surface area (Å²) < 4.78 is 5.68. The number of allylic oxidation sites excluding steroid dienone is 4. The fraction of sp³-hybridized carbons (Fsp3) is 0.350. The Morgan fingerprint density at radius 3 is 2.27 bits per heavy atom. The molecule has 238 valence electrons. The molecule has 0 aliphatic rings. The van der Waals surface area contributed by atoms with Gasteiger partial charge in [0.15, 0.2) is 5.78 Å². The Kier molecular flexibility index (Phi) is 15.8. The van der Waals surface area contributed by atoms with Gasteiger partial charge in [0, 0.05) is 19.2 Å². The molecular weight excluding hydrogens is 554 g/mol. The van der Waals surface area contributed by atoms with Crippen molar-refractivity contribution in [2.24, 2.45) is 0 Å². The fourth-order valence-electron chi connectivity index (χ4n) is 5.32. The van der Waals surface area contributed by atoms with Crippen LogP contribution in [0.5, 0.6) is 0 Å². The van der Waals surface area contributed by atoms with Gasteiger partial charge in [-0.3, -0.25) is 4.79 Å². The van der Waals surface area contributed by atoms with Gasteiger partial charge in [0.25, 0.3) is 0 Å². The first kappa shape index (κ1) is 37.0. The lowest BCUT2D eigenvalue weighted by Gasteiger charge is -2.21. The summed E-state index contributed by atoms with van der Waals surface area (Å²) in [5.74, 6) is 0.156. The summed E-state index contributed by atoms with van der Waals surface area (Å²) in [6, 6.07) is 18.0. The highest BCUT2D eigenvalue weighted by molar-refractivity contribution is 6.38. The van der Waals surface area contributed by atoms with Crippen LogP contribution in [-0.2, 0) is 16.0 Å². The molecule has 2 aromatic rings.